The number of benzene rings is 1. The Hall–Kier alpha value is -2.21. The molecule has 0 aliphatic heterocycles. The van der Waals surface area contributed by atoms with E-state index in [2.05, 4.69) is 11.1 Å². The molecule has 0 unspecified atom stereocenters. The molecule has 18 heavy (non-hydrogen) atoms. The maximum Gasteiger partial charge on any atom is 0.241 e. The number of rotatable bonds is 3. The van der Waals surface area contributed by atoms with Gasteiger partial charge in [0, 0.05) is 4.88 Å². The SMILES string of the molecule is CCc1c(-c2ccccc2)sc(N=C=O)c1C#N. The average molecular weight is 254 g/mol. The van der Waals surface area contributed by atoms with E-state index in [4.69, 9.17) is 0 Å². The molecule has 0 radical (unpaired) electrons. The van der Waals surface area contributed by atoms with Gasteiger partial charge in [0.1, 0.15) is 11.1 Å². The van der Waals surface area contributed by atoms with Crippen LogP contribution in [-0.4, -0.2) is 6.08 Å². The summed E-state index contributed by atoms with van der Waals surface area (Å²) in [5, 5.41) is 9.63. The molecule has 0 aliphatic rings. The zero-order valence-electron chi connectivity index (χ0n) is 9.80. The molecule has 0 saturated heterocycles. The van der Waals surface area contributed by atoms with E-state index in [1.54, 1.807) is 0 Å². The fourth-order valence-corrected chi connectivity index (χ4v) is 3.02. The fourth-order valence-electron chi connectivity index (χ4n) is 1.85. The minimum Gasteiger partial charge on any atom is -0.211 e. The molecule has 0 amide bonds. The number of hydrogen-bond donors (Lipinski definition) is 0. The van der Waals surface area contributed by atoms with Crippen LogP contribution in [0.25, 0.3) is 10.4 Å². The molecule has 0 atom stereocenters. The minimum absolute atomic E-state index is 0.447. The Morgan fingerprint density at radius 1 is 1.33 bits per heavy atom. The van der Waals surface area contributed by atoms with Crippen molar-refractivity contribution >= 4 is 22.4 Å². The van der Waals surface area contributed by atoms with Crippen molar-refractivity contribution in [2.24, 2.45) is 4.99 Å². The van der Waals surface area contributed by atoms with Crippen molar-refractivity contribution in [2.75, 3.05) is 0 Å². The average Bonchev–Trinajstić information content (AvgIpc) is 2.77. The number of thiophene rings is 1. The third kappa shape index (κ3) is 2.10. The monoisotopic (exact) mass is 254 g/mol. The third-order valence-corrected chi connectivity index (χ3v) is 3.81. The van der Waals surface area contributed by atoms with Crippen molar-refractivity contribution in [2.45, 2.75) is 13.3 Å². The maximum atomic E-state index is 10.4. The molecule has 0 bridgehead atoms. The molecule has 0 spiro atoms. The number of isocyanates is 1. The molecule has 88 valence electrons. The van der Waals surface area contributed by atoms with Gasteiger partial charge in [-0.1, -0.05) is 37.3 Å². The van der Waals surface area contributed by atoms with Crippen LogP contribution in [0.2, 0.25) is 0 Å². The Bertz CT molecular complexity index is 646. The summed E-state index contributed by atoms with van der Waals surface area (Å²) in [6.07, 6.45) is 2.24. The van der Waals surface area contributed by atoms with Crippen molar-refractivity contribution < 1.29 is 4.79 Å². The molecular weight excluding hydrogens is 244 g/mol. The molecule has 1 aromatic carbocycles. The van der Waals surface area contributed by atoms with Gasteiger partial charge in [0.2, 0.25) is 6.08 Å². The van der Waals surface area contributed by atoms with E-state index < -0.39 is 0 Å². The Morgan fingerprint density at radius 3 is 2.61 bits per heavy atom. The number of nitriles is 1. The van der Waals surface area contributed by atoms with Gasteiger partial charge < -0.3 is 0 Å². The first-order chi connectivity index (χ1) is 8.81. The Balaban J connectivity index is 2.69. The summed E-state index contributed by atoms with van der Waals surface area (Å²) in [5.41, 5.74) is 2.48. The molecule has 1 heterocycles. The smallest absolute Gasteiger partial charge is 0.211 e. The summed E-state index contributed by atoms with van der Waals surface area (Å²) < 4.78 is 0. The number of nitrogens with zero attached hydrogens (tertiary/aromatic N) is 2. The van der Waals surface area contributed by atoms with Gasteiger partial charge in [-0.15, -0.1) is 11.3 Å². The van der Waals surface area contributed by atoms with Crippen LogP contribution in [0.5, 0.6) is 0 Å². The van der Waals surface area contributed by atoms with Crippen molar-refractivity contribution in [3.05, 3.63) is 41.5 Å². The van der Waals surface area contributed by atoms with E-state index in [9.17, 15) is 10.1 Å². The number of hydrogen-bond acceptors (Lipinski definition) is 4. The normalized spacial score (nSPS) is 9.56. The van der Waals surface area contributed by atoms with E-state index in [-0.39, 0.29) is 0 Å². The fraction of sp³-hybridized carbons (Fsp3) is 0.143. The quantitative estimate of drug-likeness (QED) is 0.617. The van der Waals surface area contributed by atoms with Crippen LogP contribution in [0, 0.1) is 11.3 Å². The molecular formula is C14H10N2OS. The lowest BCUT2D eigenvalue weighted by molar-refractivity contribution is 0.565. The van der Waals surface area contributed by atoms with Crippen LogP contribution in [0.4, 0.5) is 5.00 Å². The first kappa shape index (κ1) is 12.3. The summed E-state index contributed by atoms with van der Waals surface area (Å²) in [4.78, 5) is 15.0. The molecule has 0 fully saturated rings. The van der Waals surface area contributed by atoms with Crippen LogP contribution < -0.4 is 0 Å². The Morgan fingerprint density at radius 2 is 2.06 bits per heavy atom. The predicted octanol–water partition coefficient (Wildman–Crippen LogP) is 3.82. The van der Waals surface area contributed by atoms with Crippen molar-refractivity contribution in [1.82, 2.24) is 0 Å². The lowest BCUT2D eigenvalue weighted by Gasteiger charge is -2.00. The molecule has 0 N–H and O–H groups in total. The highest BCUT2D eigenvalue weighted by molar-refractivity contribution is 7.19. The van der Waals surface area contributed by atoms with Gasteiger partial charge in [-0.25, -0.2) is 4.79 Å². The third-order valence-electron chi connectivity index (χ3n) is 2.64. The second kappa shape index (κ2) is 5.42. The Kier molecular flexibility index (Phi) is 3.69. The summed E-state index contributed by atoms with van der Waals surface area (Å²) in [5.74, 6) is 0. The van der Waals surface area contributed by atoms with Gasteiger partial charge in [0.05, 0.1) is 5.56 Å². The topological polar surface area (TPSA) is 53.2 Å². The second-order valence-electron chi connectivity index (χ2n) is 3.62. The lowest BCUT2D eigenvalue weighted by Crippen LogP contribution is -1.84. The highest BCUT2D eigenvalue weighted by Gasteiger charge is 2.17. The lowest BCUT2D eigenvalue weighted by atomic mass is 10.0. The van der Waals surface area contributed by atoms with Crippen LogP contribution in [0.15, 0.2) is 35.3 Å². The molecule has 4 heteroatoms. The van der Waals surface area contributed by atoms with Crippen LogP contribution in [0.3, 0.4) is 0 Å². The maximum absolute atomic E-state index is 10.4. The van der Waals surface area contributed by atoms with Gasteiger partial charge in [-0.2, -0.15) is 10.3 Å². The van der Waals surface area contributed by atoms with Gasteiger partial charge >= 0.3 is 0 Å². The van der Waals surface area contributed by atoms with Crippen LogP contribution in [-0.2, 0) is 11.2 Å². The van der Waals surface area contributed by atoms with E-state index >= 15 is 0 Å². The molecule has 2 rings (SSSR count). The van der Waals surface area contributed by atoms with Gasteiger partial charge in [-0.3, -0.25) is 0 Å². The Labute approximate surface area is 109 Å². The van der Waals surface area contributed by atoms with E-state index in [1.165, 1.54) is 17.4 Å². The van der Waals surface area contributed by atoms with E-state index in [0.29, 0.717) is 10.6 Å². The zero-order chi connectivity index (χ0) is 13.0. The molecule has 3 nitrogen and oxygen atoms in total. The zero-order valence-corrected chi connectivity index (χ0v) is 10.6. The van der Waals surface area contributed by atoms with E-state index in [0.717, 1.165) is 22.4 Å². The second-order valence-corrected chi connectivity index (χ2v) is 4.62. The minimum atomic E-state index is 0.447. The van der Waals surface area contributed by atoms with Crippen LogP contribution in [0.1, 0.15) is 18.1 Å². The van der Waals surface area contributed by atoms with Crippen molar-refractivity contribution in [3.63, 3.8) is 0 Å². The molecule has 1 aromatic heterocycles. The van der Waals surface area contributed by atoms with Gasteiger partial charge in [0.15, 0.2) is 0 Å². The highest BCUT2D eigenvalue weighted by Crippen LogP contribution is 2.41. The van der Waals surface area contributed by atoms with Crippen molar-refractivity contribution in [3.8, 4) is 16.5 Å². The summed E-state index contributed by atoms with van der Waals surface area (Å²) >= 11 is 1.36. The first-order valence-corrected chi connectivity index (χ1v) is 6.32. The van der Waals surface area contributed by atoms with Gasteiger partial charge in [-0.05, 0) is 17.5 Å². The van der Waals surface area contributed by atoms with Crippen molar-refractivity contribution in [1.29, 1.82) is 5.26 Å². The number of carbonyl (C=O) groups excluding carboxylic acids is 1. The molecule has 2 aromatic rings. The molecule has 0 aliphatic carbocycles. The highest BCUT2D eigenvalue weighted by atomic mass is 32.1. The van der Waals surface area contributed by atoms with Crippen LogP contribution >= 0.6 is 11.3 Å². The summed E-state index contributed by atoms with van der Waals surface area (Å²) in [6.45, 7) is 1.99. The summed E-state index contributed by atoms with van der Waals surface area (Å²) in [7, 11) is 0. The predicted molar refractivity (Wildman–Crippen MR) is 71.6 cm³/mol. The number of aliphatic imine (C=N–C) groups is 1. The summed E-state index contributed by atoms with van der Waals surface area (Å²) in [6, 6.07) is 11.9. The van der Waals surface area contributed by atoms with E-state index in [1.807, 2.05) is 37.3 Å². The standard InChI is InChI=1S/C14H10N2OS/c1-2-11-12(8-15)14(16-9-17)18-13(11)10-6-4-3-5-7-10/h3-7H,2H2,1H3. The first-order valence-electron chi connectivity index (χ1n) is 5.50. The molecule has 0 saturated carbocycles. The van der Waals surface area contributed by atoms with Gasteiger partial charge in [0.25, 0.3) is 0 Å². The largest absolute Gasteiger partial charge is 0.241 e.